The monoisotopic (exact) mass is 433 g/mol. The Morgan fingerprint density at radius 1 is 1.00 bits per heavy atom. The predicted octanol–water partition coefficient (Wildman–Crippen LogP) is 3.59. The molecule has 0 saturated carbocycles. The van der Waals surface area contributed by atoms with Gasteiger partial charge in [0.2, 0.25) is 11.8 Å². The minimum Gasteiger partial charge on any atom is -0.341 e. The molecule has 2 heterocycles. The summed E-state index contributed by atoms with van der Waals surface area (Å²) in [7, 11) is 0. The van der Waals surface area contributed by atoms with Crippen molar-refractivity contribution in [1.29, 1.82) is 0 Å². The molecule has 1 N–H and O–H groups in total. The number of hydrogen-bond acceptors (Lipinski definition) is 3. The van der Waals surface area contributed by atoms with Crippen LogP contribution in [0.25, 0.3) is 11.1 Å². The molecule has 5 heteroatoms. The molecule has 5 nitrogen and oxygen atoms in total. The van der Waals surface area contributed by atoms with Gasteiger partial charge in [-0.15, -0.1) is 0 Å². The van der Waals surface area contributed by atoms with Gasteiger partial charge < -0.3 is 15.1 Å². The van der Waals surface area contributed by atoms with Gasteiger partial charge in [-0.25, -0.2) is 0 Å². The van der Waals surface area contributed by atoms with Crippen molar-refractivity contribution in [1.82, 2.24) is 15.1 Å². The van der Waals surface area contributed by atoms with Crippen LogP contribution >= 0.6 is 0 Å². The highest BCUT2D eigenvalue weighted by molar-refractivity contribution is 5.83. The number of piperidine rings is 1. The standard InChI is InChI=1S/C27H35N3O2/c1-2-16-29-17-18-30(26(31)22-12-14-28-15-13-22)20-24(27(29)32)19-23-10-6-7-11-25(23)21-8-4-3-5-9-21/h3-11,22,24,28H,2,12-20H2,1H3/t24-/m1/s1. The molecule has 0 aromatic heterocycles. The molecule has 2 aliphatic heterocycles. The number of hydrogen-bond donors (Lipinski definition) is 1. The molecule has 0 bridgehead atoms. The maximum absolute atomic E-state index is 13.5. The zero-order chi connectivity index (χ0) is 22.3. The largest absolute Gasteiger partial charge is 0.341 e. The quantitative estimate of drug-likeness (QED) is 0.757. The average molecular weight is 434 g/mol. The van der Waals surface area contributed by atoms with E-state index in [1.807, 2.05) is 34.1 Å². The summed E-state index contributed by atoms with van der Waals surface area (Å²) in [6.45, 7) is 6.47. The van der Waals surface area contributed by atoms with Gasteiger partial charge in [-0.3, -0.25) is 9.59 Å². The van der Waals surface area contributed by atoms with Crippen molar-refractivity contribution in [2.45, 2.75) is 32.6 Å². The van der Waals surface area contributed by atoms with Crippen molar-refractivity contribution >= 4 is 11.8 Å². The lowest BCUT2D eigenvalue weighted by atomic mass is 9.90. The van der Waals surface area contributed by atoms with Gasteiger partial charge in [-0.2, -0.15) is 0 Å². The summed E-state index contributed by atoms with van der Waals surface area (Å²) in [5, 5.41) is 3.35. The smallest absolute Gasteiger partial charge is 0.227 e. The molecule has 2 fully saturated rings. The molecule has 2 aliphatic rings. The molecule has 32 heavy (non-hydrogen) atoms. The Kier molecular flexibility index (Phi) is 7.59. The van der Waals surface area contributed by atoms with E-state index in [1.165, 1.54) is 11.1 Å². The lowest BCUT2D eigenvalue weighted by molar-refractivity contribution is -0.137. The summed E-state index contributed by atoms with van der Waals surface area (Å²) < 4.78 is 0. The van der Waals surface area contributed by atoms with E-state index in [9.17, 15) is 9.59 Å². The molecule has 2 aromatic rings. The number of benzene rings is 2. The molecule has 0 unspecified atom stereocenters. The highest BCUT2D eigenvalue weighted by Crippen LogP contribution is 2.28. The van der Waals surface area contributed by atoms with Crippen LogP contribution in [-0.4, -0.2) is 60.9 Å². The SMILES string of the molecule is CCCN1CCN(C(=O)C2CCNCC2)C[C@@H](Cc2ccccc2-c2ccccc2)C1=O. The molecular formula is C27H35N3O2. The molecule has 0 aliphatic carbocycles. The summed E-state index contributed by atoms with van der Waals surface area (Å²) in [4.78, 5) is 30.8. The molecule has 170 valence electrons. The van der Waals surface area contributed by atoms with Crippen LogP contribution in [0.2, 0.25) is 0 Å². The van der Waals surface area contributed by atoms with Crippen molar-refractivity contribution in [2.75, 3.05) is 39.3 Å². The molecule has 4 rings (SSSR count). The van der Waals surface area contributed by atoms with Crippen LogP contribution in [0.15, 0.2) is 54.6 Å². The number of nitrogens with one attached hydrogen (secondary N) is 1. The van der Waals surface area contributed by atoms with E-state index < -0.39 is 0 Å². The normalized spacial score (nSPS) is 20.3. The summed E-state index contributed by atoms with van der Waals surface area (Å²) in [5.41, 5.74) is 3.50. The molecule has 0 radical (unpaired) electrons. The minimum atomic E-state index is -0.209. The first-order valence-electron chi connectivity index (χ1n) is 12.1. The number of amides is 2. The van der Waals surface area contributed by atoms with E-state index >= 15 is 0 Å². The van der Waals surface area contributed by atoms with Crippen molar-refractivity contribution in [2.24, 2.45) is 11.8 Å². The van der Waals surface area contributed by atoms with Gasteiger partial charge in [-0.05, 0) is 55.5 Å². The van der Waals surface area contributed by atoms with Gasteiger partial charge in [0.15, 0.2) is 0 Å². The maximum atomic E-state index is 13.5. The van der Waals surface area contributed by atoms with Gasteiger partial charge in [-0.1, -0.05) is 61.5 Å². The fourth-order valence-electron chi connectivity index (χ4n) is 5.08. The van der Waals surface area contributed by atoms with E-state index in [2.05, 4.69) is 42.6 Å². The Morgan fingerprint density at radius 2 is 1.72 bits per heavy atom. The Morgan fingerprint density at radius 3 is 2.47 bits per heavy atom. The van der Waals surface area contributed by atoms with E-state index in [4.69, 9.17) is 0 Å². The van der Waals surface area contributed by atoms with Crippen LogP contribution < -0.4 is 5.32 Å². The summed E-state index contributed by atoms with van der Waals surface area (Å²) in [5.74, 6) is 0.301. The molecule has 2 aromatic carbocycles. The van der Waals surface area contributed by atoms with Gasteiger partial charge in [0, 0.05) is 32.1 Å². The highest BCUT2D eigenvalue weighted by Gasteiger charge is 2.34. The van der Waals surface area contributed by atoms with Crippen molar-refractivity contribution < 1.29 is 9.59 Å². The zero-order valence-corrected chi connectivity index (χ0v) is 19.1. The maximum Gasteiger partial charge on any atom is 0.227 e. The van der Waals surface area contributed by atoms with Crippen LogP contribution in [0.1, 0.15) is 31.7 Å². The first kappa shape index (κ1) is 22.5. The molecule has 0 spiro atoms. The average Bonchev–Trinajstić information content (AvgIpc) is 3.00. The number of nitrogens with zero attached hydrogens (tertiary/aromatic N) is 2. The number of carbonyl (C=O) groups excluding carboxylic acids is 2. The van der Waals surface area contributed by atoms with Crippen molar-refractivity contribution in [3.05, 3.63) is 60.2 Å². The van der Waals surface area contributed by atoms with Crippen molar-refractivity contribution in [3.63, 3.8) is 0 Å². The van der Waals surface area contributed by atoms with Gasteiger partial charge in [0.25, 0.3) is 0 Å². The number of carbonyl (C=O) groups is 2. The molecular weight excluding hydrogens is 398 g/mol. The van der Waals surface area contributed by atoms with Crippen LogP contribution in [0.4, 0.5) is 0 Å². The first-order valence-corrected chi connectivity index (χ1v) is 12.1. The van der Waals surface area contributed by atoms with Crippen LogP contribution in [0.3, 0.4) is 0 Å². The minimum absolute atomic E-state index is 0.0846. The summed E-state index contributed by atoms with van der Waals surface area (Å²) >= 11 is 0. The Bertz CT molecular complexity index is 908. The lowest BCUT2D eigenvalue weighted by Crippen LogP contribution is -2.43. The second-order valence-electron chi connectivity index (χ2n) is 9.06. The summed E-state index contributed by atoms with van der Waals surface area (Å²) in [6.07, 6.45) is 3.37. The zero-order valence-electron chi connectivity index (χ0n) is 19.1. The van der Waals surface area contributed by atoms with Crippen LogP contribution in [-0.2, 0) is 16.0 Å². The third-order valence-corrected chi connectivity index (χ3v) is 6.80. The van der Waals surface area contributed by atoms with Gasteiger partial charge in [0.1, 0.15) is 0 Å². The Labute approximate surface area is 191 Å². The van der Waals surface area contributed by atoms with Crippen LogP contribution in [0.5, 0.6) is 0 Å². The molecule has 2 saturated heterocycles. The Balaban J connectivity index is 1.59. The van der Waals surface area contributed by atoms with E-state index in [-0.39, 0.29) is 23.7 Å². The number of rotatable bonds is 6. The van der Waals surface area contributed by atoms with Gasteiger partial charge >= 0.3 is 0 Å². The second-order valence-corrected chi connectivity index (χ2v) is 9.06. The fourth-order valence-corrected chi connectivity index (χ4v) is 5.08. The third kappa shape index (κ3) is 5.21. The second kappa shape index (κ2) is 10.8. The van der Waals surface area contributed by atoms with Crippen LogP contribution in [0, 0.1) is 11.8 Å². The topological polar surface area (TPSA) is 52.6 Å². The molecule has 2 amide bonds. The van der Waals surface area contributed by atoms with Crippen molar-refractivity contribution in [3.8, 4) is 11.1 Å². The van der Waals surface area contributed by atoms with E-state index in [1.54, 1.807) is 0 Å². The third-order valence-electron chi connectivity index (χ3n) is 6.80. The molecule has 1 atom stereocenters. The highest BCUT2D eigenvalue weighted by atomic mass is 16.2. The van der Waals surface area contributed by atoms with E-state index in [0.717, 1.165) is 44.5 Å². The Hall–Kier alpha value is -2.66. The lowest BCUT2D eigenvalue weighted by Gasteiger charge is -2.30. The van der Waals surface area contributed by atoms with E-state index in [0.29, 0.717) is 26.1 Å². The summed E-state index contributed by atoms with van der Waals surface area (Å²) in [6, 6.07) is 18.7. The van der Waals surface area contributed by atoms with Gasteiger partial charge in [0.05, 0.1) is 5.92 Å². The first-order chi connectivity index (χ1) is 15.7. The fraction of sp³-hybridized carbons (Fsp3) is 0.481. The predicted molar refractivity (Wildman–Crippen MR) is 128 cm³/mol.